The fraction of sp³-hybridized carbons (Fsp3) is 0.286. The van der Waals surface area contributed by atoms with E-state index < -0.39 is 74.9 Å². The minimum atomic E-state index is -5.09. The average molecular weight is 805 g/mol. The summed E-state index contributed by atoms with van der Waals surface area (Å²) in [4.78, 5) is 57.9. The van der Waals surface area contributed by atoms with Gasteiger partial charge in [0.05, 0.1) is 23.0 Å². The van der Waals surface area contributed by atoms with Crippen LogP contribution in [0.25, 0.3) is 22.6 Å². The zero-order chi connectivity index (χ0) is 36.2. The lowest BCUT2D eigenvalue weighted by atomic mass is 9.56. The molecule has 3 aromatic carbocycles. The van der Waals surface area contributed by atoms with Crippen molar-refractivity contribution in [3.8, 4) is 23.0 Å². The number of carbonyl (C=O) groups is 4. The molecule has 1 aromatic heterocycles. The Morgan fingerprint density at radius 2 is 1.71 bits per heavy atom. The molecule has 16 heteroatoms. The van der Waals surface area contributed by atoms with Crippen LogP contribution in [-0.4, -0.2) is 60.2 Å². The van der Waals surface area contributed by atoms with Crippen LogP contribution in [0.2, 0.25) is 0 Å². The van der Waals surface area contributed by atoms with Crippen LogP contribution in [0.4, 0.5) is 18.9 Å². The molecule has 2 aliphatic carbocycles. The molecular formula is C35H23BrCl2F3N3O7. The highest BCUT2D eigenvalue weighted by Gasteiger charge is 2.76. The number of likely N-dealkylation sites (tertiary alicyclic amines) is 1. The number of allylic oxidation sites excluding steroid dienone is 2. The van der Waals surface area contributed by atoms with Crippen LogP contribution in [-0.2, 0) is 19.2 Å². The summed E-state index contributed by atoms with van der Waals surface area (Å²) in [6.45, 7) is 0. The second-order valence-electron chi connectivity index (χ2n) is 12.8. The van der Waals surface area contributed by atoms with Crippen LogP contribution in [0.15, 0.2) is 82.8 Å². The maximum atomic E-state index is 14.3. The first-order valence-electron chi connectivity index (χ1n) is 15.6. The number of nitrogens with zero attached hydrogens (tertiary/aromatic N) is 3. The van der Waals surface area contributed by atoms with E-state index >= 15 is 0 Å². The monoisotopic (exact) mass is 803 g/mol. The van der Waals surface area contributed by atoms with E-state index in [9.17, 15) is 37.5 Å². The third-order valence-electron chi connectivity index (χ3n) is 10.2. The van der Waals surface area contributed by atoms with Gasteiger partial charge in [0.1, 0.15) is 17.0 Å². The Balaban J connectivity index is 1.20. The average Bonchev–Trinajstić information content (AvgIpc) is 3.68. The quantitative estimate of drug-likeness (QED) is 0.0987. The Labute approximate surface area is 304 Å². The molecule has 10 nitrogen and oxygen atoms in total. The molecule has 8 rings (SSSR count). The van der Waals surface area contributed by atoms with E-state index in [0.29, 0.717) is 22.6 Å². The highest BCUT2D eigenvalue weighted by Crippen LogP contribution is 2.66. The molecule has 0 radical (unpaired) electrons. The van der Waals surface area contributed by atoms with Gasteiger partial charge in [-0.3, -0.25) is 29.0 Å². The first-order valence-corrected chi connectivity index (χ1v) is 17.5. The minimum Gasteiger partial charge on any atom is -0.508 e. The number of imide groups is 2. The van der Waals surface area contributed by atoms with Gasteiger partial charge in [-0.1, -0.05) is 39.7 Å². The first kappa shape index (κ1) is 33.7. The summed E-state index contributed by atoms with van der Waals surface area (Å²) in [6.07, 6.45) is -3.84. The Bertz CT molecular complexity index is 2180. The number of carbonyl (C=O) groups excluding carboxylic acids is 4. The number of fused-ring (bicyclic) bond motifs is 5. The molecule has 262 valence electrons. The van der Waals surface area contributed by atoms with Crippen molar-refractivity contribution in [2.45, 2.75) is 34.9 Å². The molecule has 1 N–H and O–H groups in total. The summed E-state index contributed by atoms with van der Waals surface area (Å²) < 4.78 is 49.7. The molecule has 0 spiro atoms. The molecule has 4 amide bonds. The zero-order valence-electron chi connectivity index (χ0n) is 25.9. The van der Waals surface area contributed by atoms with E-state index in [4.69, 9.17) is 27.6 Å². The van der Waals surface area contributed by atoms with E-state index in [1.807, 2.05) is 12.1 Å². The summed E-state index contributed by atoms with van der Waals surface area (Å²) >= 11 is 17.4. The second kappa shape index (κ2) is 11.6. The molecule has 2 aliphatic heterocycles. The number of rotatable bonds is 5. The Hall–Kier alpha value is -4.40. The Morgan fingerprint density at radius 3 is 2.39 bits per heavy atom. The molecule has 6 unspecified atom stereocenters. The zero-order valence-corrected chi connectivity index (χ0v) is 29.0. The number of alkyl halides is 6. The first-order chi connectivity index (χ1) is 24.2. The van der Waals surface area contributed by atoms with E-state index in [1.165, 1.54) is 0 Å². The van der Waals surface area contributed by atoms with Crippen LogP contribution in [0.5, 0.6) is 11.5 Å². The second-order valence-corrected chi connectivity index (χ2v) is 14.5. The van der Waals surface area contributed by atoms with Crippen molar-refractivity contribution in [1.29, 1.82) is 0 Å². The van der Waals surface area contributed by atoms with Gasteiger partial charge in [-0.05, 0) is 73.4 Å². The van der Waals surface area contributed by atoms with Crippen LogP contribution < -0.4 is 9.64 Å². The summed E-state index contributed by atoms with van der Waals surface area (Å²) in [7, 11) is 0. The summed E-state index contributed by atoms with van der Waals surface area (Å²) in [6, 6.07) is 16.4. The van der Waals surface area contributed by atoms with Crippen LogP contribution >= 0.6 is 39.1 Å². The van der Waals surface area contributed by atoms with Gasteiger partial charge in [-0.15, -0.1) is 36.4 Å². The van der Waals surface area contributed by atoms with Gasteiger partial charge in [0.25, 0.3) is 11.8 Å². The molecular weight excluding hydrogens is 782 g/mol. The predicted octanol–water partition coefficient (Wildman–Crippen LogP) is 7.01. The molecule has 3 heterocycles. The standard InChI is InChI=1S/C35H23BrCl2F3N3O7/c36-15-43-31(48)33(37)14-22-19(27(34(33,38)32(43)49)21-13-18(9-12-24(21)45)51-35(39,40)41)10-11-20-26(22)30(47)44(29(20)46)17-7-5-16(6-8-17)28-42-23-3-1-2-4-25(23)50-28/h1-10,12-13,20,22,26-27,45H,11,14-15H2. The van der Waals surface area contributed by atoms with Crippen molar-refractivity contribution in [3.63, 3.8) is 0 Å². The molecule has 4 aliphatic rings. The van der Waals surface area contributed by atoms with Crippen molar-refractivity contribution >= 4 is 79.5 Å². The smallest absolute Gasteiger partial charge is 0.508 e. The number of aromatic nitrogens is 1. The highest BCUT2D eigenvalue weighted by atomic mass is 79.9. The predicted molar refractivity (Wildman–Crippen MR) is 180 cm³/mol. The maximum Gasteiger partial charge on any atom is 0.573 e. The number of phenolic OH excluding ortho intramolecular Hbond substituents is 1. The fourth-order valence-corrected chi connectivity index (χ4v) is 9.48. The number of hydrogen-bond donors (Lipinski definition) is 1. The van der Waals surface area contributed by atoms with Gasteiger partial charge in [0.2, 0.25) is 17.7 Å². The van der Waals surface area contributed by atoms with Crippen LogP contribution in [0.3, 0.4) is 0 Å². The Morgan fingerprint density at radius 1 is 0.980 bits per heavy atom. The number of amides is 4. The molecule has 2 saturated heterocycles. The van der Waals surface area contributed by atoms with Crippen molar-refractivity contribution in [2.75, 3.05) is 10.4 Å². The van der Waals surface area contributed by atoms with E-state index in [1.54, 1.807) is 42.5 Å². The number of anilines is 1. The Kier molecular flexibility index (Phi) is 7.64. The maximum absolute atomic E-state index is 14.3. The number of phenols is 1. The fourth-order valence-electron chi connectivity index (χ4n) is 8.06. The normalized spacial score (nSPS) is 28.9. The molecule has 0 bridgehead atoms. The lowest BCUT2D eigenvalue weighted by molar-refractivity contribution is -0.274. The summed E-state index contributed by atoms with van der Waals surface area (Å²) in [5.74, 6) is -8.30. The lowest BCUT2D eigenvalue weighted by Gasteiger charge is -2.50. The van der Waals surface area contributed by atoms with Gasteiger partial charge < -0.3 is 14.3 Å². The number of halogens is 6. The number of ether oxygens (including phenoxy) is 1. The van der Waals surface area contributed by atoms with Gasteiger partial charge in [0.15, 0.2) is 15.3 Å². The molecule has 4 aromatic rings. The highest BCUT2D eigenvalue weighted by molar-refractivity contribution is 9.09. The minimum absolute atomic E-state index is 0.00111. The molecule has 1 saturated carbocycles. The van der Waals surface area contributed by atoms with Crippen molar-refractivity contribution in [2.24, 2.45) is 17.8 Å². The van der Waals surface area contributed by atoms with Gasteiger partial charge >= 0.3 is 6.36 Å². The molecule has 6 atom stereocenters. The van der Waals surface area contributed by atoms with Gasteiger partial charge in [0, 0.05) is 17.0 Å². The van der Waals surface area contributed by atoms with Crippen molar-refractivity contribution in [3.05, 3.63) is 83.9 Å². The summed E-state index contributed by atoms with van der Waals surface area (Å²) in [5, 5.41) is 11.1. The van der Waals surface area contributed by atoms with Crippen molar-refractivity contribution in [1.82, 2.24) is 9.88 Å². The topological polar surface area (TPSA) is 130 Å². The largest absolute Gasteiger partial charge is 0.573 e. The molecule has 3 fully saturated rings. The third kappa shape index (κ3) is 4.86. The molecule has 51 heavy (non-hydrogen) atoms. The number of benzene rings is 3. The lowest BCUT2D eigenvalue weighted by Crippen LogP contribution is -2.60. The number of hydrogen-bond acceptors (Lipinski definition) is 8. The summed E-state index contributed by atoms with van der Waals surface area (Å²) in [5.41, 5.74) is 1.84. The van der Waals surface area contributed by atoms with E-state index in [-0.39, 0.29) is 35.1 Å². The van der Waals surface area contributed by atoms with Crippen LogP contribution in [0, 0.1) is 17.8 Å². The van der Waals surface area contributed by atoms with Gasteiger partial charge in [-0.2, -0.15) is 0 Å². The number of oxazole rings is 1. The van der Waals surface area contributed by atoms with Gasteiger partial charge in [-0.25, -0.2) is 4.98 Å². The van der Waals surface area contributed by atoms with E-state index in [0.717, 1.165) is 28.0 Å². The van der Waals surface area contributed by atoms with E-state index in [2.05, 4.69) is 25.7 Å². The number of aromatic hydroxyl groups is 1. The number of para-hydroxylation sites is 2. The van der Waals surface area contributed by atoms with Crippen LogP contribution in [0.1, 0.15) is 24.3 Å². The SMILES string of the molecule is O=C1C2CC=C3C(CC4(Cl)C(=O)N(CBr)C(=O)C4(Cl)C3c3cc(OC(F)(F)F)ccc3O)C2C(=O)N1c1ccc(-c2nc3ccccc3o2)cc1. The third-order valence-corrected chi connectivity index (χ3v) is 12.1. The van der Waals surface area contributed by atoms with Crippen molar-refractivity contribution < 1.29 is 46.6 Å².